The predicted molar refractivity (Wildman–Crippen MR) is 85.7 cm³/mol. The number of amides is 2. The molecule has 118 valence electrons. The van der Waals surface area contributed by atoms with Crippen molar-refractivity contribution in [1.82, 2.24) is 15.2 Å². The van der Waals surface area contributed by atoms with Gasteiger partial charge in [0.2, 0.25) is 11.8 Å². The molecule has 6 nitrogen and oxygen atoms in total. The normalized spacial score (nSPS) is 15.2. The molecule has 2 amide bonds. The number of halogens is 1. The predicted octanol–water partition coefficient (Wildman–Crippen LogP) is 1.44. The highest BCUT2D eigenvalue weighted by Gasteiger charge is 2.23. The van der Waals surface area contributed by atoms with Gasteiger partial charge >= 0.3 is 0 Å². The Morgan fingerprint density at radius 2 is 2.18 bits per heavy atom. The second kappa shape index (κ2) is 7.79. The molecule has 2 rings (SSSR count). The molecule has 0 atom stereocenters. The third kappa shape index (κ3) is 4.46. The highest BCUT2D eigenvalue weighted by atomic mass is 35.5. The largest absolute Gasteiger partial charge is 0.366 e. The van der Waals surface area contributed by atoms with Crippen molar-refractivity contribution in [1.29, 1.82) is 0 Å². The molecule has 1 aromatic heterocycles. The van der Waals surface area contributed by atoms with E-state index in [0.29, 0.717) is 23.9 Å². The molecule has 22 heavy (non-hydrogen) atoms. The molecule has 1 saturated heterocycles. The quantitative estimate of drug-likeness (QED) is 0.804. The van der Waals surface area contributed by atoms with Gasteiger partial charge in [-0.05, 0) is 31.1 Å². The molecule has 1 aliphatic heterocycles. The maximum atomic E-state index is 12.0. The zero-order valence-electron chi connectivity index (χ0n) is 12.2. The molecular weight excluding hydrogens is 304 g/mol. The monoisotopic (exact) mass is 322 g/mol. The minimum absolute atomic E-state index is 0.00895. The Labute approximate surface area is 134 Å². The summed E-state index contributed by atoms with van der Waals surface area (Å²) in [5.41, 5.74) is 0. The van der Waals surface area contributed by atoms with Gasteiger partial charge in [0.05, 0.1) is 11.6 Å². The molecule has 0 saturated carbocycles. The zero-order valence-corrected chi connectivity index (χ0v) is 13.0. The number of pyridine rings is 1. The maximum Gasteiger partial charge on any atom is 0.243 e. The fraction of sp³-hybridized carbons (Fsp3) is 0.400. The lowest BCUT2D eigenvalue weighted by atomic mass is 10.0. The van der Waals surface area contributed by atoms with E-state index in [2.05, 4.69) is 22.2 Å². The summed E-state index contributed by atoms with van der Waals surface area (Å²) in [6, 6.07) is 3.81. The highest BCUT2D eigenvalue weighted by molar-refractivity contribution is 6.32. The van der Waals surface area contributed by atoms with Gasteiger partial charge in [-0.15, -0.1) is 0 Å². The van der Waals surface area contributed by atoms with E-state index in [0.717, 1.165) is 18.9 Å². The fourth-order valence-corrected chi connectivity index (χ4v) is 2.48. The van der Waals surface area contributed by atoms with Gasteiger partial charge in [-0.3, -0.25) is 9.59 Å². The van der Waals surface area contributed by atoms with E-state index >= 15 is 0 Å². The van der Waals surface area contributed by atoms with Crippen molar-refractivity contribution >= 4 is 29.2 Å². The van der Waals surface area contributed by atoms with Gasteiger partial charge in [0.1, 0.15) is 5.82 Å². The van der Waals surface area contributed by atoms with Crippen LogP contribution in [-0.2, 0) is 9.59 Å². The van der Waals surface area contributed by atoms with Gasteiger partial charge in [-0.1, -0.05) is 18.2 Å². The Balaban J connectivity index is 1.78. The summed E-state index contributed by atoms with van der Waals surface area (Å²) in [5.74, 6) is 0.256. The van der Waals surface area contributed by atoms with Crippen LogP contribution >= 0.6 is 11.6 Å². The van der Waals surface area contributed by atoms with Crippen LogP contribution in [0, 0.1) is 0 Å². The minimum Gasteiger partial charge on any atom is -0.366 e. The lowest BCUT2D eigenvalue weighted by Crippen LogP contribution is -2.46. The Morgan fingerprint density at radius 3 is 2.82 bits per heavy atom. The molecule has 2 N–H and O–H groups in total. The lowest BCUT2D eigenvalue weighted by Gasteiger charge is -2.32. The van der Waals surface area contributed by atoms with Crippen LogP contribution in [0.4, 0.5) is 5.82 Å². The maximum absolute atomic E-state index is 12.0. The summed E-state index contributed by atoms with van der Waals surface area (Å²) in [6.45, 7) is 4.64. The van der Waals surface area contributed by atoms with E-state index in [-0.39, 0.29) is 24.4 Å². The number of nitrogens with zero attached hydrogens (tertiary/aromatic N) is 2. The van der Waals surface area contributed by atoms with Gasteiger partial charge in [-0.25, -0.2) is 4.98 Å². The van der Waals surface area contributed by atoms with Crippen LogP contribution < -0.4 is 10.6 Å². The molecule has 2 heterocycles. The molecule has 1 fully saturated rings. The molecule has 0 aliphatic carbocycles. The van der Waals surface area contributed by atoms with E-state index in [4.69, 9.17) is 11.6 Å². The van der Waals surface area contributed by atoms with Gasteiger partial charge in [-0.2, -0.15) is 0 Å². The number of nitrogens with one attached hydrogen (secondary N) is 2. The molecular formula is C15H19ClN4O2. The van der Waals surface area contributed by atoms with Gasteiger partial charge in [0.15, 0.2) is 0 Å². The first-order chi connectivity index (χ1) is 10.6. The van der Waals surface area contributed by atoms with Crippen LogP contribution in [0.1, 0.15) is 12.8 Å². The van der Waals surface area contributed by atoms with Crippen molar-refractivity contribution in [3.8, 4) is 0 Å². The molecule has 0 unspecified atom stereocenters. The molecule has 7 heteroatoms. The molecule has 1 aliphatic rings. The number of piperidine rings is 1. The van der Waals surface area contributed by atoms with Crippen LogP contribution in [0.2, 0.25) is 5.02 Å². The highest BCUT2D eigenvalue weighted by Crippen LogP contribution is 2.21. The number of hydrogen-bond donors (Lipinski definition) is 2. The Morgan fingerprint density at radius 1 is 1.45 bits per heavy atom. The first-order valence-electron chi connectivity index (χ1n) is 7.15. The number of aromatic nitrogens is 1. The van der Waals surface area contributed by atoms with E-state index in [1.165, 1.54) is 0 Å². The summed E-state index contributed by atoms with van der Waals surface area (Å²) in [6.07, 6.45) is 4.47. The van der Waals surface area contributed by atoms with Crippen LogP contribution in [0.15, 0.2) is 31.0 Å². The Bertz CT molecular complexity index is 556. The topological polar surface area (TPSA) is 74.3 Å². The molecule has 1 aromatic rings. The average molecular weight is 323 g/mol. The van der Waals surface area contributed by atoms with Crippen molar-refractivity contribution in [2.45, 2.75) is 18.9 Å². The first-order valence-corrected chi connectivity index (χ1v) is 7.53. The van der Waals surface area contributed by atoms with Crippen molar-refractivity contribution in [3.05, 3.63) is 36.0 Å². The van der Waals surface area contributed by atoms with Gasteiger partial charge in [0, 0.05) is 25.3 Å². The third-order valence-corrected chi connectivity index (χ3v) is 3.85. The summed E-state index contributed by atoms with van der Waals surface area (Å²) >= 11 is 6.07. The number of anilines is 1. The number of carbonyl (C=O) groups excluding carboxylic acids is 2. The van der Waals surface area contributed by atoms with Crippen LogP contribution in [0.5, 0.6) is 0 Å². The molecule has 0 bridgehead atoms. The van der Waals surface area contributed by atoms with Crippen LogP contribution in [-0.4, -0.2) is 47.4 Å². The standard InChI is InChI=1S/C15H19ClN4O2/c1-2-13(21)18-10-14(22)20-8-5-11(6-9-20)19-15-12(16)4-3-7-17-15/h2-4,7,11H,1,5-6,8-10H2,(H,17,19)(H,18,21). The SMILES string of the molecule is C=CC(=O)NCC(=O)N1CCC(Nc2ncccc2Cl)CC1. The molecule has 0 radical (unpaired) electrons. The number of carbonyl (C=O) groups is 2. The summed E-state index contributed by atoms with van der Waals surface area (Å²) in [7, 11) is 0. The second-order valence-electron chi connectivity index (χ2n) is 5.06. The zero-order chi connectivity index (χ0) is 15.9. The van der Waals surface area contributed by atoms with Gasteiger partial charge < -0.3 is 15.5 Å². The smallest absolute Gasteiger partial charge is 0.243 e. The van der Waals surface area contributed by atoms with Crippen molar-refractivity contribution in [2.24, 2.45) is 0 Å². The Hall–Kier alpha value is -2.08. The summed E-state index contributed by atoms with van der Waals surface area (Å²) in [5, 5.41) is 6.39. The number of hydrogen-bond acceptors (Lipinski definition) is 4. The summed E-state index contributed by atoms with van der Waals surface area (Å²) < 4.78 is 0. The lowest BCUT2D eigenvalue weighted by molar-refractivity contribution is -0.132. The van der Waals surface area contributed by atoms with Crippen molar-refractivity contribution < 1.29 is 9.59 Å². The van der Waals surface area contributed by atoms with Gasteiger partial charge in [0.25, 0.3) is 0 Å². The van der Waals surface area contributed by atoms with E-state index in [1.807, 2.05) is 0 Å². The minimum atomic E-state index is -0.338. The van der Waals surface area contributed by atoms with E-state index < -0.39 is 0 Å². The van der Waals surface area contributed by atoms with Crippen molar-refractivity contribution in [2.75, 3.05) is 25.0 Å². The average Bonchev–Trinajstić information content (AvgIpc) is 2.55. The third-order valence-electron chi connectivity index (χ3n) is 3.55. The van der Waals surface area contributed by atoms with Crippen LogP contribution in [0.3, 0.4) is 0 Å². The second-order valence-corrected chi connectivity index (χ2v) is 5.46. The number of likely N-dealkylation sites (tertiary alicyclic amines) is 1. The van der Waals surface area contributed by atoms with Crippen molar-refractivity contribution in [3.63, 3.8) is 0 Å². The van der Waals surface area contributed by atoms with E-state index in [1.54, 1.807) is 23.2 Å². The fourth-order valence-electron chi connectivity index (χ4n) is 2.31. The first kappa shape index (κ1) is 16.3. The Kier molecular flexibility index (Phi) is 5.77. The number of rotatable bonds is 5. The molecule has 0 spiro atoms. The summed E-state index contributed by atoms with van der Waals surface area (Å²) in [4.78, 5) is 29.0. The van der Waals surface area contributed by atoms with Crippen LogP contribution in [0.25, 0.3) is 0 Å². The van der Waals surface area contributed by atoms with E-state index in [9.17, 15) is 9.59 Å². The molecule has 0 aromatic carbocycles.